The van der Waals surface area contributed by atoms with Crippen LogP contribution in [0.25, 0.3) is 0 Å². The van der Waals surface area contributed by atoms with Crippen molar-refractivity contribution in [3.8, 4) is 0 Å². The van der Waals surface area contributed by atoms with Gasteiger partial charge in [-0.25, -0.2) is 0 Å². The third-order valence-corrected chi connectivity index (χ3v) is 3.65. The van der Waals surface area contributed by atoms with Crippen LogP contribution in [0.2, 0.25) is 0 Å². The van der Waals surface area contributed by atoms with Gasteiger partial charge in [0, 0.05) is 18.7 Å². The molecule has 2 rings (SSSR count). The van der Waals surface area contributed by atoms with Crippen LogP contribution in [-0.2, 0) is 9.53 Å². The molecule has 86 valence electrons. The number of piperidine rings is 1. The lowest BCUT2D eigenvalue weighted by Gasteiger charge is -2.40. The molecule has 2 saturated heterocycles. The Morgan fingerprint density at radius 3 is 2.33 bits per heavy atom. The monoisotopic (exact) mass is 211 g/mol. The Morgan fingerprint density at radius 2 is 1.80 bits per heavy atom. The van der Waals surface area contributed by atoms with E-state index in [1.165, 1.54) is 6.42 Å². The summed E-state index contributed by atoms with van der Waals surface area (Å²) in [4.78, 5) is 14.3. The summed E-state index contributed by atoms with van der Waals surface area (Å²) in [7, 11) is 0. The maximum Gasteiger partial charge on any atom is 0.252 e. The van der Waals surface area contributed by atoms with Gasteiger partial charge >= 0.3 is 0 Å². The molecule has 0 radical (unpaired) electrons. The minimum Gasteiger partial charge on any atom is -0.368 e. The van der Waals surface area contributed by atoms with Gasteiger partial charge < -0.3 is 9.64 Å². The van der Waals surface area contributed by atoms with Crippen molar-refractivity contribution in [1.29, 1.82) is 0 Å². The van der Waals surface area contributed by atoms with E-state index in [-0.39, 0.29) is 12.0 Å². The van der Waals surface area contributed by atoms with Crippen LogP contribution in [0, 0.1) is 0 Å². The first-order valence-electron chi connectivity index (χ1n) is 6.14. The van der Waals surface area contributed by atoms with E-state index in [0.29, 0.717) is 12.1 Å². The third-order valence-electron chi connectivity index (χ3n) is 3.65. The maximum absolute atomic E-state index is 12.2. The molecule has 3 atom stereocenters. The Labute approximate surface area is 91.8 Å². The number of amides is 1. The number of nitrogens with zero attached hydrogens (tertiary/aromatic N) is 1. The predicted molar refractivity (Wildman–Crippen MR) is 58.6 cm³/mol. The van der Waals surface area contributed by atoms with Crippen molar-refractivity contribution in [2.24, 2.45) is 0 Å². The number of carbonyl (C=O) groups is 1. The van der Waals surface area contributed by atoms with E-state index in [9.17, 15) is 4.79 Å². The van der Waals surface area contributed by atoms with Crippen LogP contribution in [0.15, 0.2) is 0 Å². The van der Waals surface area contributed by atoms with E-state index in [4.69, 9.17) is 4.74 Å². The first kappa shape index (κ1) is 10.9. The SMILES string of the molecule is CC1CCCC(C)N1C(=O)C1CCCO1. The fourth-order valence-corrected chi connectivity index (χ4v) is 2.79. The summed E-state index contributed by atoms with van der Waals surface area (Å²) in [6.45, 7) is 5.07. The molecular weight excluding hydrogens is 190 g/mol. The van der Waals surface area contributed by atoms with Crippen LogP contribution in [0.3, 0.4) is 0 Å². The van der Waals surface area contributed by atoms with E-state index in [1.54, 1.807) is 0 Å². The molecule has 0 bridgehead atoms. The Balaban J connectivity index is 2.02. The average Bonchev–Trinajstić information content (AvgIpc) is 2.69. The van der Waals surface area contributed by atoms with Crippen molar-refractivity contribution in [2.75, 3.05) is 6.61 Å². The molecule has 3 nitrogen and oxygen atoms in total. The van der Waals surface area contributed by atoms with Crippen molar-refractivity contribution in [3.05, 3.63) is 0 Å². The molecule has 1 amide bonds. The summed E-state index contributed by atoms with van der Waals surface area (Å²) < 4.78 is 5.47. The summed E-state index contributed by atoms with van der Waals surface area (Å²) in [5.41, 5.74) is 0. The highest BCUT2D eigenvalue weighted by Gasteiger charge is 2.35. The van der Waals surface area contributed by atoms with Gasteiger partial charge in [0.05, 0.1) is 0 Å². The van der Waals surface area contributed by atoms with Gasteiger partial charge in [-0.15, -0.1) is 0 Å². The molecule has 0 N–H and O–H groups in total. The Morgan fingerprint density at radius 1 is 1.13 bits per heavy atom. The molecule has 0 aliphatic carbocycles. The van der Waals surface area contributed by atoms with Crippen molar-refractivity contribution in [1.82, 2.24) is 4.90 Å². The zero-order valence-electron chi connectivity index (χ0n) is 9.74. The quantitative estimate of drug-likeness (QED) is 0.663. The van der Waals surface area contributed by atoms with E-state index in [2.05, 4.69) is 18.7 Å². The molecule has 15 heavy (non-hydrogen) atoms. The van der Waals surface area contributed by atoms with Crippen molar-refractivity contribution in [3.63, 3.8) is 0 Å². The van der Waals surface area contributed by atoms with Crippen molar-refractivity contribution in [2.45, 2.75) is 64.1 Å². The Hall–Kier alpha value is -0.570. The summed E-state index contributed by atoms with van der Waals surface area (Å²) in [6.07, 6.45) is 5.33. The van der Waals surface area contributed by atoms with Gasteiger partial charge in [-0.1, -0.05) is 0 Å². The predicted octanol–water partition coefficient (Wildman–Crippen LogP) is 1.95. The first-order valence-corrected chi connectivity index (χ1v) is 6.14. The number of rotatable bonds is 1. The molecule has 3 heteroatoms. The van der Waals surface area contributed by atoms with E-state index < -0.39 is 0 Å². The minimum atomic E-state index is -0.145. The smallest absolute Gasteiger partial charge is 0.252 e. The largest absolute Gasteiger partial charge is 0.368 e. The standard InChI is InChI=1S/C12H21NO2/c1-9-5-3-6-10(2)13(9)12(14)11-7-4-8-15-11/h9-11H,3-8H2,1-2H3. The summed E-state index contributed by atoms with van der Waals surface area (Å²) >= 11 is 0. The number of likely N-dealkylation sites (tertiary alicyclic amines) is 1. The molecule has 0 aromatic rings. The molecule has 0 spiro atoms. The number of hydrogen-bond donors (Lipinski definition) is 0. The zero-order chi connectivity index (χ0) is 10.8. The van der Waals surface area contributed by atoms with Crippen LogP contribution < -0.4 is 0 Å². The topological polar surface area (TPSA) is 29.5 Å². The highest BCUT2D eigenvalue weighted by atomic mass is 16.5. The fourth-order valence-electron chi connectivity index (χ4n) is 2.79. The number of carbonyl (C=O) groups excluding carboxylic acids is 1. The maximum atomic E-state index is 12.2. The lowest BCUT2D eigenvalue weighted by molar-refractivity contribution is -0.147. The van der Waals surface area contributed by atoms with Crippen molar-refractivity contribution >= 4 is 5.91 Å². The third kappa shape index (κ3) is 2.17. The molecule has 2 heterocycles. The summed E-state index contributed by atoms with van der Waals surface area (Å²) in [5.74, 6) is 0.229. The van der Waals surface area contributed by atoms with Crippen LogP contribution in [0.1, 0.15) is 46.0 Å². The van der Waals surface area contributed by atoms with Gasteiger partial charge in [0.2, 0.25) is 0 Å². The molecule has 0 aromatic carbocycles. The Bertz CT molecular complexity index is 226. The van der Waals surface area contributed by atoms with Crippen LogP contribution in [0.5, 0.6) is 0 Å². The summed E-state index contributed by atoms with van der Waals surface area (Å²) in [5, 5.41) is 0. The van der Waals surface area contributed by atoms with Gasteiger partial charge in [-0.2, -0.15) is 0 Å². The van der Waals surface area contributed by atoms with Gasteiger partial charge in [0.1, 0.15) is 6.10 Å². The van der Waals surface area contributed by atoms with Crippen LogP contribution in [-0.4, -0.2) is 35.6 Å². The minimum absolute atomic E-state index is 0.145. The van der Waals surface area contributed by atoms with Crippen LogP contribution in [0.4, 0.5) is 0 Å². The molecule has 0 saturated carbocycles. The lowest BCUT2D eigenvalue weighted by atomic mass is 9.96. The van der Waals surface area contributed by atoms with Gasteiger partial charge in [0.15, 0.2) is 0 Å². The molecule has 0 aromatic heterocycles. The van der Waals surface area contributed by atoms with Crippen molar-refractivity contribution < 1.29 is 9.53 Å². The molecular formula is C12H21NO2. The number of hydrogen-bond acceptors (Lipinski definition) is 2. The van der Waals surface area contributed by atoms with E-state index >= 15 is 0 Å². The molecule has 2 fully saturated rings. The second-order valence-corrected chi connectivity index (χ2v) is 4.88. The van der Waals surface area contributed by atoms with Gasteiger partial charge in [-0.3, -0.25) is 4.79 Å². The zero-order valence-corrected chi connectivity index (χ0v) is 9.74. The average molecular weight is 211 g/mol. The van der Waals surface area contributed by atoms with Gasteiger partial charge in [-0.05, 0) is 46.0 Å². The van der Waals surface area contributed by atoms with E-state index in [0.717, 1.165) is 32.3 Å². The van der Waals surface area contributed by atoms with Crippen LogP contribution >= 0.6 is 0 Å². The Kier molecular flexibility index (Phi) is 3.29. The normalized spacial score (nSPS) is 36.9. The number of ether oxygens (including phenoxy) is 1. The van der Waals surface area contributed by atoms with E-state index in [1.807, 2.05) is 0 Å². The molecule has 2 aliphatic rings. The molecule has 2 aliphatic heterocycles. The molecule has 3 unspecified atom stereocenters. The first-order chi connectivity index (χ1) is 7.20. The fraction of sp³-hybridized carbons (Fsp3) is 0.917. The van der Waals surface area contributed by atoms with Gasteiger partial charge in [0.25, 0.3) is 5.91 Å². The second kappa shape index (κ2) is 4.52. The highest BCUT2D eigenvalue weighted by molar-refractivity contribution is 5.81. The highest BCUT2D eigenvalue weighted by Crippen LogP contribution is 2.25. The second-order valence-electron chi connectivity index (χ2n) is 4.88. The lowest BCUT2D eigenvalue weighted by Crippen LogP contribution is -2.51. The summed E-state index contributed by atoms with van der Waals surface area (Å²) in [6, 6.07) is 0.788.